The summed E-state index contributed by atoms with van der Waals surface area (Å²) in [5, 5.41) is 29.5. The van der Waals surface area contributed by atoms with E-state index in [-0.39, 0.29) is 50.8 Å². The summed E-state index contributed by atoms with van der Waals surface area (Å²) >= 11 is 0. The number of benzene rings is 1. The van der Waals surface area contributed by atoms with Gasteiger partial charge in [-0.25, -0.2) is 4.68 Å². The summed E-state index contributed by atoms with van der Waals surface area (Å²) in [5.41, 5.74) is 2.76. The highest BCUT2D eigenvalue weighted by Gasteiger charge is 2.73. The third-order valence-corrected chi connectivity index (χ3v) is 14.2. The SMILES string of the molecule is CC1(C)CCC[C@](C)([C@H]2CC[C@]3(C)[C@@H]2[C@H](O)C[C@@H]2[C@@]4(C)Cc5cnn(-c6ccccc6)c5C(C)(C)[C@@H]4[C@H](O)C[C@]23C)O1. The molecule has 7 rings (SSSR count). The van der Waals surface area contributed by atoms with Gasteiger partial charge in [0.25, 0.3) is 0 Å². The van der Waals surface area contributed by atoms with Crippen LogP contribution in [0.1, 0.15) is 112 Å². The molecule has 5 heteroatoms. The van der Waals surface area contributed by atoms with Crippen LogP contribution in [0.25, 0.3) is 5.69 Å². The van der Waals surface area contributed by atoms with E-state index >= 15 is 0 Å². The van der Waals surface area contributed by atoms with Crippen LogP contribution < -0.4 is 0 Å². The predicted molar refractivity (Wildman–Crippen MR) is 166 cm³/mol. The summed E-state index contributed by atoms with van der Waals surface area (Å²) in [6, 6.07) is 10.4. The molecule has 1 aromatic carbocycles. The van der Waals surface area contributed by atoms with Crippen LogP contribution in [0.15, 0.2) is 36.5 Å². The van der Waals surface area contributed by atoms with Gasteiger partial charge in [0, 0.05) is 11.3 Å². The minimum Gasteiger partial charge on any atom is -0.393 e. The Hall–Kier alpha value is -1.69. The molecule has 4 fully saturated rings. The van der Waals surface area contributed by atoms with Crippen molar-refractivity contribution in [2.24, 2.45) is 39.9 Å². The number of aliphatic hydroxyl groups excluding tert-OH is 2. The molecule has 0 bridgehead atoms. The summed E-state index contributed by atoms with van der Waals surface area (Å²) in [6.45, 7) is 18.9. The van der Waals surface area contributed by atoms with Crippen LogP contribution in [0.4, 0.5) is 0 Å². The zero-order chi connectivity index (χ0) is 30.1. The van der Waals surface area contributed by atoms with Crippen molar-refractivity contribution in [1.29, 1.82) is 0 Å². The summed E-state index contributed by atoms with van der Waals surface area (Å²) in [6.07, 6.45) is 9.39. The first-order chi connectivity index (χ1) is 19.6. The van der Waals surface area contributed by atoms with E-state index in [0.29, 0.717) is 11.8 Å². The molecule has 0 amide bonds. The Labute approximate surface area is 253 Å². The van der Waals surface area contributed by atoms with Gasteiger partial charge in [0.2, 0.25) is 0 Å². The molecule has 1 aliphatic heterocycles. The number of aromatic nitrogens is 2. The smallest absolute Gasteiger partial charge is 0.0693 e. The van der Waals surface area contributed by atoms with Crippen LogP contribution in [-0.4, -0.2) is 43.4 Å². The second-order valence-corrected chi connectivity index (χ2v) is 17.3. The molecule has 42 heavy (non-hydrogen) atoms. The molecule has 1 aromatic heterocycles. The quantitative estimate of drug-likeness (QED) is 0.396. The lowest BCUT2D eigenvalue weighted by Gasteiger charge is -2.71. The number of para-hydroxylation sites is 1. The highest BCUT2D eigenvalue weighted by atomic mass is 16.5. The second kappa shape index (κ2) is 8.95. The van der Waals surface area contributed by atoms with E-state index < -0.39 is 6.10 Å². The molecule has 0 radical (unpaired) electrons. The molecular formula is C37H54N2O3. The normalized spacial score (nSPS) is 47.2. The number of aliphatic hydroxyl groups is 2. The number of hydrogen-bond acceptors (Lipinski definition) is 4. The van der Waals surface area contributed by atoms with Gasteiger partial charge >= 0.3 is 0 Å². The predicted octanol–water partition coefficient (Wildman–Crippen LogP) is 7.25. The fourth-order valence-corrected chi connectivity index (χ4v) is 12.8. The van der Waals surface area contributed by atoms with E-state index in [9.17, 15) is 10.2 Å². The van der Waals surface area contributed by atoms with Crippen molar-refractivity contribution >= 4 is 0 Å². The molecule has 5 aliphatic rings. The van der Waals surface area contributed by atoms with Crippen LogP contribution in [0.5, 0.6) is 0 Å². The first-order valence-corrected chi connectivity index (χ1v) is 16.8. The Kier molecular flexibility index (Phi) is 6.19. The Balaban J connectivity index is 1.30. The van der Waals surface area contributed by atoms with Gasteiger partial charge in [-0.15, -0.1) is 0 Å². The van der Waals surface area contributed by atoms with Crippen molar-refractivity contribution < 1.29 is 14.9 Å². The Morgan fingerprint density at radius 2 is 1.60 bits per heavy atom. The molecule has 0 unspecified atom stereocenters. The van der Waals surface area contributed by atoms with E-state index in [1.165, 1.54) is 17.7 Å². The summed E-state index contributed by atoms with van der Waals surface area (Å²) in [4.78, 5) is 0. The fraction of sp³-hybridized carbons (Fsp3) is 0.757. The molecule has 2 N–H and O–H groups in total. The van der Waals surface area contributed by atoms with Crippen LogP contribution >= 0.6 is 0 Å². The van der Waals surface area contributed by atoms with Gasteiger partial charge in [-0.3, -0.25) is 0 Å². The average Bonchev–Trinajstić information content (AvgIpc) is 3.48. The van der Waals surface area contributed by atoms with Gasteiger partial charge in [-0.2, -0.15) is 5.10 Å². The van der Waals surface area contributed by atoms with Crippen molar-refractivity contribution in [3.05, 3.63) is 47.8 Å². The zero-order valence-electron chi connectivity index (χ0n) is 27.3. The van der Waals surface area contributed by atoms with E-state index in [1.54, 1.807) is 0 Å². The molecule has 1 saturated heterocycles. The van der Waals surface area contributed by atoms with Crippen LogP contribution in [0.3, 0.4) is 0 Å². The Morgan fingerprint density at radius 3 is 2.29 bits per heavy atom. The van der Waals surface area contributed by atoms with Gasteiger partial charge in [-0.05, 0) is 124 Å². The molecule has 5 nitrogen and oxygen atoms in total. The third-order valence-electron chi connectivity index (χ3n) is 14.2. The van der Waals surface area contributed by atoms with Gasteiger partial charge in [0.1, 0.15) is 0 Å². The number of nitrogens with zero attached hydrogens (tertiary/aromatic N) is 2. The summed E-state index contributed by atoms with van der Waals surface area (Å²) in [7, 11) is 0. The summed E-state index contributed by atoms with van der Waals surface area (Å²) in [5.74, 6) is 0.936. The molecule has 0 spiro atoms. The van der Waals surface area contributed by atoms with E-state index in [2.05, 4.69) is 90.5 Å². The van der Waals surface area contributed by atoms with E-state index in [1.807, 2.05) is 6.07 Å². The highest BCUT2D eigenvalue weighted by molar-refractivity contribution is 5.42. The van der Waals surface area contributed by atoms with Crippen LogP contribution in [-0.2, 0) is 16.6 Å². The van der Waals surface area contributed by atoms with Gasteiger partial charge in [-0.1, -0.05) is 52.8 Å². The van der Waals surface area contributed by atoms with Gasteiger partial charge in [0.05, 0.1) is 41.0 Å². The van der Waals surface area contributed by atoms with Crippen molar-refractivity contribution in [2.75, 3.05) is 0 Å². The Morgan fingerprint density at radius 1 is 0.881 bits per heavy atom. The third kappa shape index (κ3) is 3.68. The lowest BCUT2D eigenvalue weighted by Crippen LogP contribution is -2.69. The molecule has 4 aliphatic carbocycles. The molecule has 230 valence electrons. The van der Waals surface area contributed by atoms with Crippen molar-refractivity contribution in [1.82, 2.24) is 9.78 Å². The molecule has 2 heterocycles. The molecule has 10 atom stereocenters. The average molecular weight is 575 g/mol. The minimum atomic E-state index is -0.411. The first-order valence-electron chi connectivity index (χ1n) is 16.8. The first kappa shape index (κ1) is 29.0. The molecular weight excluding hydrogens is 520 g/mol. The topological polar surface area (TPSA) is 67.5 Å². The van der Waals surface area contributed by atoms with E-state index in [4.69, 9.17) is 9.84 Å². The highest BCUT2D eigenvalue weighted by Crippen LogP contribution is 2.75. The molecule has 3 saturated carbocycles. The maximum Gasteiger partial charge on any atom is 0.0693 e. The second-order valence-electron chi connectivity index (χ2n) is 17.3. The van der Waals surface area contributed by atoms with Gasteiger partial charge in [0.15, 0.2) is 0 Å². The number of fused-ring (bicyclic) bond motifs is 6. The standard InChI is InChI=1S/C37H54N2O3/c1-32(2)16-12-17-37(8,42-32)25-15-18-35(6)29(25)26(40)19-28-34(5)20-23-22-38-39(24-13-10-9-11-14-24)31(23)33(3,4)30(34)27(41)21-36(28,35)7/h9-11,13-14,22,25-30,40-41H,12,15-21H2,1-8H3/t25-,26+,27+,28+,29-,30-,34+,35+,36+,37+/m0/s1. The van der Waals surface area contributed by atoms with Crippen molar-refractivity contribution in [2.45, 2.75) is 136 Å². The zero-order valence-corrected chi connectivity index (χ0v) is 27.3. The fourth-order valence-electron chi connectivity index (χ4n) is 12.8. The largest absolute Gasteiger partial charge is 0.393 e. The van der Waals surface area contributed by atoms with Gasteiger partial charge < -0.3 is 14.9 Å². The number of ether oxygens (including phenoxy) is 1. The van der Waals surface area contributed by atoms with Crippen molar-refractivity contribution in [3.63, 3.8) is 0 Å². The molecule has 2 aromatic rings. The summed E-state index contributed by atoms with van der Waals surface area (Å²) < 4.78 is 9.04. The van der Waals surface area contributed by atoms with Crippen LogP contribution in [0.2, 0.25) is 0 Å². The monoisotopic (exact) mass is 574 g/mol. The Bertz CT molecular complexity index is 1370. The van der Waals surface area contributed by atoms with Crippen LogP contribution in [0, 0.1) is 39.9 Å². The lowest BCUT2D eigenvalue weighted by molar-refractivity contribution is -0.259. The van der Waals surface area contributed by atoms with E-state index in [0.717, 1.165) is 50.6 Å². The maximum atomic E-state index is 12.4. The number of hydrogen-bond donors (Lipinski definition) is 2. The number of rotatable bonds is 2. The van der Waals surface area contributed by atoms with Crippen molar-refractivity contribution in [3.8, 4) is 5.69 Å². The lowest BCUT2D eigenvalue weighted by atomic mass is 9.34. The minimum absolute atomic E-state index is 0.0540. The maximum absolute atomic E-state index is 12.4.